The average Bonchev–Trinajstić information content (AvgIpc) is 3.76. The minimum absolute atomic E-state index is 0.202. The van der Waals surface area contributed by atoms with Crippen LogP contribution in [-0.2, 0) is 6.42 Å². The predicted molar refractivity (Wildman–Crippen MR) is 283 cm³/mol. The van der Waals surface area contributed by atoms with Crippen molar-refractivity contribution in [1.82, 2.24) is 9.47 Å². The SMILES string of the molecule is CN1C(c2cccc(-c3ccc(-n4c5c(c6cccc(-c7ccccc7-c7ccc8c(c7)C7C=CC=CC7c7ccccc7-8)c64)C=CCC5)cc3)c2)=NC(c2ccccc2)=NC1c1ccccc1. The lowest BCUT2D eigenvalue weighted by atomic mass is 9.69. The third kappa shape index (κ3) is 6.66. The largest absolute Gasteiger partial charge is 0.333 e. The van der Waals surface area contributed by atoms with E-state index in [1.807, 2.05) is 18.2 Å². The molecule has 0 spiro atoms. The molecule has 3 atom stereocenters. The Kier molecular flexibility index (Phi) is 9.71. The quantitative estimate of drug-likeness (QED) is 0.157. The van der Waals surface area contributed by atoms with Gasteiger partial charge in [0, 0.05) is 57.9 Å². The van der Waals surface area contributed by atoms with Crippen LogP contribution >= 0.6 is 0 Å². The van der Waals surface area contributed by atoms with Gasteiger partial charge in [-0.2, -0.15) is 0 Å². The van der Waals surface area contributed by atoms with Crippen LogP contribution in [0.25, 0.3) is 67.2 Å². The van der Waals surface area contributed by atoms with Crippen molar-refractivity contribution in [1.29, 1.82) is 0 Å². The zero-order valence-electron chi connectivity index (χ0n) is 37.9. The van der Waals surface area contributed by atoms with Crippen LogP contribution in [0.1, 0.15) is 63.5 Å². The molecule has 0 saturated heterocycles. The number of aliphatic imine (C=N–C) groups is 2. The maximum Gasteiger partial charge on any atom is 0.159 e. The van der Waals surface area contributed by atoms with Crippen molar-refractivity contribution in [3.8, 4) is 50.2 Å². The Labute approximate surface area is 397 Å². The molecule has 13 rings (SSSR count). The summed E-state index contributed by atoms with van der Waals surface area (Å²) in [5.41, 5.74) is 21.0. The summed E-state index contributed by atoms with van der Waals surface area (Å²) in [5, 5.41) is 1.29. The van der Waals surface area contributed by atoms with Gasteiger partial charge in [-0.15, -0.1) is 0 Å². The van der Waals surface area contributed by atoms with Crippen molar-refractivity contribution in [3.05, 3.63) is 264 Å². The third-order valence-electron chi connectivity index (χ3n) is 14.5. The number of benzene rings is 8. The zero-order valence-corrected chi connectivity index (χ0v) is 37.9. The highest BCUT2D eigenvalue weighted by atomic mass is 15.3. The Morgan fingerprint density at radius 2 is 1.15 bits per heavy atom. The van der Waals surface area contributed by atoms with E-state index in [1.165, 1.54) is 66.7 Å². The van der Waals surface area contributed by atoms with Crippen LogP contribution in [0.5, 0.6) is 0 Å². The smallest absolute Gasteiger partial charge is 0.159 e. The van der Waals surface area contributed by atoms with Gasteiger partial charge in [-0.3, -0.25) is 0 Å². The molecule has 0 saturated carbocycles. The second-order valence-electron chi connectivity index (χ2n) is 18.4. The monoisotopic (exact) mass is 872 g/mol. The molecule has 1 aliphatic heterocycles. The lowest BCUT2D eigenvalue weighted by Gasteiger charge is -2.34. The van der Waals surface area contributed by atoms with Crippen LogP contribution in [0, 0.1) is 0 Å². The number of aromatic nitrogens is 1. The summed E-state index contributed by atoms with van der Waals surface area (Å²) in [6.45, 7) is 0. The van der Waals surface area contributed by atoms with Crippen LogP contribution in [0.2, 0.25) is 0 Å². The average molecular weight is 873 g/mol. The molecule has 0 N–H and O–H groups in total. The minimum Gasteiger partial charge on any atom is -0.333 e. The highest BCUT2D eigenvalue weighted by Gasteiger charge is 2.32. The fraction of sp³-hybridized carbons (Fsp3) is 0.0938. The number of fused-ring (bicyclic) bond motifs is 9. The molecule has 0 amide bonds. The van der Waals surface area contributed by atoms with Gasteiger partial charge in [0.1, 0.15) is 12.0 Å². The molecule has 1 aromatic heterocycles. The summed E-state index contributed by atoms with van der Waals surface area (Å²) < 4.78 is 2.55. The fourth-order valence-electron chi connectivity index (χ4n) is 11.3. The second-order valence-corrected chi connectivity index (χ2v) is 18.4. The first kappa shape index (κ1) is 40.0. The summed E-state index contributed by atoms with van der Waals surface area (Å²) in [5.74, 6) is 2.27. The van der Waals surface area contributed by atoms with Crippen molar-refractivity contribution in [2.45, 2.75) is 30.8 Å². The van der Waals surface area contributed by atoms with Crippen LogP contribution < -0.4 is 0 Å². The third-order valence-corrected chi connectivity index (χ3v) is 14.5. The van der Waals surface area contributed by atoms with Crippen molar-refractivity contribution < 1.29 is 0 Å². The van der Waals surface area contributed by atoms with Crippen molar-refractivity contribution in [2.24, 2.45) is 9.98 Å². The van der Waals surface area contributed by atoms with Gasteiger partial charge in [-0.1, -0.05) is 206 Å². The second kappa shape index (κ2) is 16.5. The van der Waals surface area contributed by atoms with Gasteiger partial charge in [0.05, 0.1) is 5.52 Å². The van der Waals surface area contributed by atoms with E-state index >= 15 is 0 Å². The van der Waals surface area contributed by atoms with E-state index in [1.54, 1.807) is 0 Å². The number of hydrogen-bond acceptors (Lipinski definition) is 3. The van der Waals surface area contributed by atoms with Crippen LogP contribution in [0.4, 0.5) is 0 Å². The number of hydrogen-bond donors (Lipinski definition) is 0. The van der Waals surface area contributed by atoms with Crippen molar-refractivity contribution in [3.63, 3.8) is 0 Å². The molecule has 3 unspecified atom stereocenters. The predicted octanol–water partition coefficient (Wildman–Crippen LogP) is 15.4. The number of nitrogens with zero attached hydrogens (tertiary/aromatic N) is 4. The molecule has 68 heavy (non-hydrogen) atoms. The maximum atomic E-state index is 5.21. The number of para-hydroxylation sites is 1. The molecular weight excluding hydrogens is 825 g/mol. The Morgan fingerprint density at radius 3 is 1.97 bits per heavy atom. The summed E-state index contributed by atoms with van der Waals surface area (Å²) in [7, 11) is 2.10. The van der Waals surface area contributed by atoms with Crippen LogP contribution in [0.15, 0.2) is 234 Å². The van der Waals surface area contributed by atoms with Gasteiger partial charge in [-0.25, -0.2) is 9.98 Å². The van der Waals surface area contributed by atoms with E-state index in [0.717, 1.165) is 58.0 Å². The number of amidine groups is 2. The molecule has 3 aliphatic carbocycles. The van der Waals surface area contributed by atoms with Gasteiger partial charge < -0.3 is 9.47 Å². The molecule has 9 aromatic rings. The fourth-order valence-corrected chi connectivity index (χ4v) is 11.3. The first-order valence-corrected chi connectivity index (χ1v) is 23.9. The number of rotatable bonds is 7. The van der Waals surface area contributed by atoms with Crippen LogP contribution in [0.3, 0.4) is 0 Å². The first-order valence-electron chi connectivity index (χ1n) is 23.9. The normalized spacial score (nSPS) is 17.8. The number of allylic oxidation sites excluding steroid dienone is 5. The molecule has 4 aliphatic rings. The zero-order chi connectivity index (χ0) is 45.1. The van der Waals surface area contributed by atoms with E-state index < -0.39 is 0 Å². The van der Waals surface area contributed by atoms with Gasteiger partial charge in [0.15, 0.2) is 5.84 Å². The molecule has 8 aromatic carbocycles. The molecule has 2 heterocycles. The first-order chi connectivity index (χ1) is 33.7. The Morgan fingerprint density at radius 1 is 0.500 bits per heavy atom. The molecule has 4 heteroatoms. The van der Waals surface area contributed by atoms with Gasteiger partial charge >= 0.3 is 0 Å². The van der Waals surface area contributed by atoms with E-state index in [-0.39, 0.29) is 6.17 Å². The van der Waals surface area contributed by atoms with Gasteiger partial charge in [-0.05, 0) is 92.7 Å². The Hall–Kier alpha value is -8.34. The standard InChI is InChI=1S/C64H48N4/c1-67-63(44-20-6-3-7-21-44)65-62(43-18-4-2-5-19-43)66-64(67)47-23-16-22-45(40-47)42-34-37-48(38-35-42)68-60-33-15-14-30-56(60)58-32-17-31-57(61(58)68)50-25-9-8-24-49(50)46-36-39-55-53-28-11-10-26-51(53)52-27-12-13-29-54(52)59(55)41-46/h2-14,16-32,34-41,52,54,63H,15,33H2,1H3. The molecular formula is C64H48N4. The van der Waals surface area contributed by atoms with Gasteiger partial charge in [0.25, 0.3) is 0 Å². The maximum absolute atomic E-state index is 5.21. The van der Waals surface area contributed by atoms with Crippen molar-refractivity contribution in [2.75, 3.05) is 7.05 Å². The highest BCUT2D eigenvalue weighted by Crippen LogP contribution is 2.51. The lowest BCUT2D eigenvalue weighted by molar-refractivity contribution is 0.383. The minimum atomic E-state index is -0.202. The summed E-state index contributed by atoms with van der Waals surface area (Å²) >= 11 is 0. The summed E-state index contributed by atoms with van der Waals surface area (Å²) in [4.78, 5) is 12.6. The van der Waals surface area contributed by atoms with E-state index in [9.17, 15) is 0 Å². The van der Waals surface area contributed by atoms with Crippen molar-refractivity contribution >= 4 is 28.7 Å². The van der Waals surface area contributed by atoms with Gasteiger partial charge in [0.2, 0.25) is 0 Å². The Bertz CT molecular complexity index is 3590. The molecule has 0 fully saturated rings. The molecule has 0 radical (unpaired) electrons. The van der Waals surface area contributed by atoms with E-state index in [4.69, 9.17) is 9.98 Å². The molecule has 324 valence electrons. The topological polar surface area (TPSA) is 32.9 Å². The Balaban J connectivity index is 0.892. The summed E-state index contributed by atoms with van der Waals surface area (Å²) in [6, 6.07) is 70.8. The molecule has 0 bridgehead atoms. The lowest BCUT2D eigenvalue weighted by Crippen LogP contribution is -2.35. The van der Waals surface area contributed by atoms with Crippen LogP contribution in [-0.4, -0.2) is 28.2 Å². The van der Waals surface area contributed by atoms with E-state index in [2.05, 4.69) is 229 Å². The highest BCUT2D eigenvalue weighted by molar-refractivity contribution is 6.13. The summed E-state index contributed by atoms with van der Waals surface area (Å²) in [6.07, 6.45) is 15.7. The van der Waals surface area contributed by atoms with E-state index in [0.29, 0.717) is 11.8 Å². The molecule has 4 nitrogen and oxygen atoms in total.